The highest BCUT2D eigenvalue weighted by Crippen LogP contribution is 2.24. The minimum atomic E-state index is -3.69. The Morgan fingerprint density at radius 1 is 1.12 bits per heavy atom. The van der Waals surface area contributed by atoms with Gasteiger partial charge < -0.3 is 5.32 Å². The summed E-state index contributed by atoms with van der Waals surface area (Å²) in [5, 5.41) is 2.68. The number of nitrogens with one attached hydrogen (secondary N) is 1. The molecule has 1 aliphatic heterocycles. The maximum atomic E-state index is 12.9. The molecule has 1 N–H and O–H groups in total. The van der Waals surface area contributed by atoms with Crippen molar-refractivity contribution < 1.29 is 13.2 Å². The van der Waals surface area contributed by atoms with Crippen LogP contribution < -0.4 is 5.32 Å². The molecule has 132 valence electrons. The number of sulfonamides is 1. The van der Waals surface area contributed by atoms with Crippen molar-refractivity contribution in [2.75, 3.05) is 18.4 Å². The van der Waals surface area contributed by atoms with Gasteiger partial charge in [0.2, 0.25) is 10.0 Å². The number of nitrogens with zero attached hydrogens (tertiary/aromatic N) is 2. The lowest BCUT2D eigenvalue weighted by atomic mass is 10.2. The van der Waals surface area contributed by atoms with E-state index < -0.39 is 15.9 Å². The standard InChI is InChI=1S/C18H21N3O3S/c1-14-9-10-19-17(13-14)20-18(22)15-7-3-4-8-16(15)25(23,24)21-11-5-2-6-12-21/h3-4,7-10,13H,2,5-6,11-12H2,1H3,(H,19,20,22). The third-order valence-electron chi connectivity index (χ3n) is 4.22. The van der Waals surface area contributed by atoms with Crippen LogP contribution in [0.3, 0.4) is 0 Å². The van der Waals surface area contributed by atoms with Gasteiger partial charge >= 0.3 is 0 Å². The van der Waals surface area contributed by atoms with E-state index in [2.05, 4.69) is 10.3 Å². The topological polar surface area (TPSA) is 79.4 Å². The number of rotatable bonds is 4. The Morgan fingerprint density at radius 2 is 1.84 bits per heavy atom. The van der Waals surface area contributed by atoms with Crippen molar-refractivity contribution in [3.63, 3.8) is 0 Å². The third-order valence-corrected chi connectivity index (χ3v) is 6.18. The van der Waals surface area contributed by atoms with Gasteiger partial charge in [0.25, 0.3) is 5.91 Å². The number of pyridine rings is 1. The zero-order valence-corrected chi connectivity index (χ0v) is 14.9. The van der Waals surface area contributed by atoms with Gasteiger partial charge in [0.15, 0.2) is 0 Å². The quantitative estimate of drug-likeness (QED) is 0.910. The van der Waals surface area contributed by atoms with Crippen LogP contribution in [0.1, 0.15) is 35.2 Å². The fourth-order valence-electron chi connectivity index (χ4n) is 2.91. The Hall–Kier alpha value is -2.25. The Morgan fingerprint density at radius 3 is 2.56 bits per heavy atom. The van der Waals surface area contributed by atoms with Crippen molar-refractivity contribution in [2.45, 2.75) is 31.1 Å². The monoisotopic (exact) mass is 359 g/mol. The lowest BCUT2D eigenvalue weighted by Gasteiger charge is -2.26. The number of aromatic nitrogens is 1. The molecule has 1 fully saturated rings. The molecule has 1 amide bonds. The van der Waals surface area contributed by atoms with Gasteiger partial charge in [-0.2, -0.15) is 4.31 Å². The second kappa shape index (κ2) is 7.33. The lowest BCUT2D eigenvalue weighted by molar-refractivity contribution is 0.102. The Kier molecular flexibility index (Phi) is 5.15. The number of piperidine rings is 1. The Balaban J connectivity index is 1.91. The first-order chi connectivity index (χ1) is 12.0. The molecule has 3 rings (SSSR count). The largest absolute Gasteiger partial charge is 0.307 e. The molecule has 0 atom stereocenters. The second-order valence-electron chi connectivity index (χ2n) is 6.13. The van der Waals surface area contributed by atoms with Gasteiger partial charge in [-0.3, -0.25) is 4.79 Å². The van der Waals surface area contributed by atoms with Crippen LogP contribution in [0.4, 0.5) is 5.82 Å². The molecule has 1 aromatic carbocycles. The maximum Gasteiger partial charge on any atom is 0.258 e. The molecule has 0 radical (unpaired) electrons. The van der Waals surface area contributed by atoms with E-state index in [1.165, 1.54) is 16.4 Å². The van der Waals surface area contributed by atoms with Crippen LogP contribution in [0.25, 0.3) is 0 Å². The number of carbonyl (C=O) groups excluding carboxylic acids is 1. The average Bonchev–Trinajstić information content (AvgIpc) is 2.62. The van der Waals surface area contributed by atoms with E-state index in [0.717, 1.165) is 24.8 Å². The number of anilines is 1. The zero-order valence-electron chi connectivity index (χ0n) is 14.1. The van der Waals surface area contributed by atoms with Gasteiger partial charge in [-0.15, -0.1) is 0 Å². The average molecular weight is 359 g/mol. The molecule has 0 bridgehead atoms. The highest BCUT2D eigenvalue weighted by molar-refractivity contribution is 7.89. The molecule has 0 aliphatic carbocycles. The van der Waals surface area contributed by atoms with Crippen molar-refractivity contribution >= 4 is 21.7 Å². The van der Waals surface area contributed by atoms with Crippen LogP contribution >= 0.6 is 0 Å². The van der Waals surface area contributed by atoms with Crippen LogP contribution in [-0.2, 0) is 10.0 Å². The first-order valence-electron chi connectivity index (χ1n) is 8.32. The van der Waals surface area contributed by atoms with Crippen LogP contribution in [0.15, 0.2) is 47.5 Å². The van der Waals surface area contributed by atoms with Gasteiger partial charge in [0.1, 0.15) is 5.82 Å². The molecular formula is C18H21N3O3S. The SMILES string of the molecule is Cc1ccnc(NC(=O)c2ccccc2S(=O)(=O)N2CCCCC2)c1. The summed E-state index contributed by atoms with van der Waals surface area (Å²) >= 11 is 0. The number of carbonyl (C=O) groups is 1. The van der Waals surface area contributed by atoms with Gasteiger partial charge in [0, 0.05) is 19.3 Å². The first-order valence-corrected chi connectivity index (χ1v) is 9.76. The third kappa shape index (κ3) is 3.88. The van der Waals surface area contributed by atoms with Gasteiger partial charge in [-0.25, -0.2) is 13.4 Å². The fraction of sp³-hybridized carbons (Fsp3) is 0.333. The lowest BCUT2D eigenvalue weighted by Crippen LogP contribution is -2.36. The highest BCUT2D eigenvalue weighted by atomic mass is 32.2. The maximum absolute atomic E-state index is 12.9. The van der Waals surface area contributed by atoms with Gasteiger partial charge in [-0.1, -0.05) is 18.6 Å². The van der Waals surface area contributed by atoms with Crippen LogP contribution in [0, 0.1) is 6.92 Å². The second-order valence-corrected chi connectivity index (χ2v) is 8.04. The molecule has 1 aromatic heterocycles. The minimum Gasteiger partial charge on any atom is -0.307 e. The number of amides is 1. The van der Waals surface area contributed by atoms with E-state index >= 15 is 0 Å². The van der Waals surface area contributed by atoms with Crippen LogP contribution in [0.5, 0.6) is 0 Å². The number of hydrogen-bond donors (Lipinski definition) is 1. The van der Waals surface area contributed by atoms with E-state index in [0.29, 0.717) is 18.9 Å². The van der Waals surface area contributed by atoms with Gasteiger partial charge in [-0.05, 0) is 49.6 Å². The highest BCUT2D eigenvalue weighted by Gasteiger charge is 2.29. The summed E-state index contributed by atoms with van der Waals surface area (Å²) in [5.74, 6) is -0.0792. The Labute approximate surface area is 147 Å². The van der Waals surface area contributed by atoms with E-state index in [1.807, 2.05) is 13.0 Å². The zero-order chi connectivity index (χ0) is 17.9. The fourth-order valence-corrected chi connectivity index (χ4v) is 4.62. The van der Waals surface area contributed by atoms with Crippen molar-refractivity contribution in [1.82, 2.24) is 9.29 Å². The molecule has 25 heavy (non-hydrogen) atoms. The summed E-state index contributed by atoms with van der Waals surface area (Å²) in [6.45, 7) is 2.89. The number of hydrogen-bond acceptors (Lipinski definition) is 4. The molecule has 2 aromatic rings. The normalized spacial score (nSPS) is 15.7. The predicted octanol–water partition coefficient (Wildman–Crippen LogP) is 2.82. The van der Waals surface area contributed by atoms with Crippen LogP contribution in [0.2, 0.25) is 0 Å². The summed E-state index contributed by atoms with van der Waals surface area (Å²) in [6.07, 6.45) is 4.33. The summed E-state index contributed by atoms with van der Waals surface area (Å²) in [6, 6.07) is 9.88. The van der Waals surface area contributed by atoms with Gasteiger partial charge in [0.05, 0.1) is 10.5 Å². The molecule has 0 spiro atoms. The minimum absolute atomic E-state index is 0.0436. The van der Waals surface area contributed by atoms with Crippen molar-refractivity contribution in [1.29, 1.82) is 0 Å². The molecule has 6 nitrogen and oxygen atoms in total. The summed E-state index contributed by atoms with van der Waals surface area (Å²) < 4.78 is 27.4. The van der Waals surface area contributed by atoms with E-state index in [1.54, 1.807) is 24.4 Å². The molecule has 0 saturated carbocycles. The predicted molar refractivity (Wildman–Crippen MR) is 96.0 cm³/mol. The molecule has 1 saturated heterocycles. The van der Waals surface area contributed by atoms with E-state index in [-0.39, 0.29) is 10.5 Å². The van der Waals surface area contributed by atoms with Crippen LogP contribution in [-0.4, -0.2) is 36.7 Å². The molecule has 2 heterocycles. The summed E-state index contributed by atoms with van der Waals surface area (Å²) in [4.78, 5) is 16.8. The van der Waals surface area contributed by atoms with E-state index in [9.17, 15) is 13.2 Å². The molecular weight excluding hydrogens is 338 g/mol. The van der Waals surface area contributed by atoms with Crippen molar-refractivity contribution in [3.8, 4) is 0 Å². The smallest absolute Gasteiger partial charge is 0.258 e. The molecule has 1 aliphatic rings. The molecule has 0 unspecified atom stereocenters. The van der Waals surface area contributed by atoms with Crippen molar-refractivity contribution in [2.24, 2.45) is 0 Å². The number of aryl methyl sites for hydroxylation is 1. The summed E-state index contributed by atoms with van der Waals surface area (Å²) in [7, 11) is -3.69. The van der Waals surface area contributed by atoms with E-state index in [4.69, 9.17) is 0 Å². The van der Waals surface area contributed by atoms with Crippen molar-refractivity contribution in [3.05, 3.63) is 53.7 Å². The first kappa shape index (κ1) is 17.6. The molecule has 7 heteroatoms. The summed E-state index contributed by atoms with van der Waals surface area (Å²) in [5.41, 5.74) is 1.09. The Bertz CT molecular complexity index is 875. The number of benzene rings is 1.